The van der Waals surface area contributed by atoms with Crippen LogP contribution < -0.4 is 10.6 Å². The number of hydrogen-bond donors (Lipinski definition) is 2. The molecule has 174 valence electrons. The fraction of sp³-hybridized carbons (Fsp3) is 0.143. The molecule has 0 fully saturated rings. The third-order valence-electron chi connectivity index (χ3n) is 5.04. The largest absolute Gasteiger partial charge is 0.445 e. The van der Waals surface area contributed by atoms with Crippen molar-refractivity contribution in [1.29, 1.82) is 0 Å². The van der Waals surface area contributed by atoms with Crippen molar-refractivity contribution in [1.82, 2.24) is 10.6 Å². The Labute approximate surface area is 199 Å². The van der Waals surface area contributed by atoms with E-state index in [1.165, 1.54) is 0 Å². The Bertz CT molecular complexity index is 1040. The van der Waals surface area contributed by atoms with Gasteiger partial charge in [-0.15, -0.1) is 0 Å². The van der Waals surface area contributed by atoms with Crippen molar-refractivity contribution in [3.8, 4) is 0 Å². The van der Waals surface area contributed by atoms with Crippen LogP contribution in [0.4, 0.5) is 9.59 Å². The molecule has 2 N–H and O–H groups in total. The molecule has 2 amide bonds. The number of alkyl carbamates (subject to hydrolysis) is 2. The Hall–Kier alpha value is -4.32. The number of hydrogen-bond acceptors (Lipinski definition) is 4. The molecule has 3 aromatic rings. The Morgan fingerprint density at radius 1 is 0.647 bits per heavy atom. The SMILES string of the molecule is C=Cc1ccc(COC(=O)NCc2cccc(CNC(=O)OCc3ccc(C=C)cc3)c2)cc1. The maximum atomic E-state index is 12.0. The van der Waals surface area contributed by atoms with E-state index in [1.807, 2.05) is 72.8 Å². The highest BCUT2D eigenvalue weighted by molar-refractivity contribution is 5.67. The molecule has 0 aliphatic carbocycles. The normalized spacial score (nSPS) is 10.1. The van der Waals surface area contributed by atoms with Crippen LogP contribution in [0.5, 0.6) is 0 Å². The smallest absolute Gasteiger partial charge is 0.407 e. The Kier molecular flexibility index (Phi) is 9.05. The standard InChI is InChI=1S/C28H28N2O4/c1-3-21-8-12-23(13-9-21)19-33-27(31)29-17-25-6-5-7-26(16-25)18-30-28(32)34-20-24-14-10-22(4-2)11-15-24/h3-16H,1-2,17-20H2,(H,29,31)(H,30,32). The third kappa shape index (κ3) is 7.98. The molecule has 6 nitrogen and oxygen atoms in total. The van der Waals surface area contributed by atoms with Crippen molar-refractivity contribution in [2.45, 2.75) is 26.3 Å². The van der Waals surface area contributed by atoms with Crippen LogP contribution >= 0.6 is 0 Å². The first-order valence-corrected chi connectivity index (χ1v) is 10.9. The molecule has 0 spiro atoms. The molecule has 0 unspecified atom stereocenters. The first-order valence-electron chi connectivity index (χ1n) is 10.9. The van der Waals surface area contributed by atoms with E-state index >= 15 is 0 Å². The second-order valence-corrected chi connectivity index (χ2v) is 7.57. The minimum atomic E-state index is -0.499. The van der Waals surface area contributed by atoms with Gasteiger partial charge in [0.2, 0.25) is 0 Å². The highest BCUT2D eigenvalue weighted by Crippen LogP contribution is 2.09. The lowest BCUT2D eigenvalue weighted by Crippen LogP contribution is -2.24. The van der Waals surface area contributed by atoms with Crippen molar-refractivity contribution >= 4 is 24.3 Å². The fourth-order valence-electron chi connectivity index (χ4n) is 3.10. The third-order valence-corrected chi connectivity index (χ3v) is 5.04. The van der Waals surface area contributed by atoms with Crippen LogP contribution in [0.1, 0.15) is 33.4 Å². The minimum absolute atomic E-state index is 0.188. The summed E-state index contributed by atoms with van der Waals surface area (Å²) >= 11 is 0. The second kappa shape index (κ2) is 12.6. The summed E-state index contributed by atoms with van der Waals surface area (Å²) in [6.45, 7) is 8.43. The molecule has 0 aliphatic heterocycles. The van der Waals surface area contributed by atoms with E-state index in [0.29, 0.717) is 13.1 Å². The van der Waals surface area contributed by atoms with Crippen LogP contribution in [0.25, 0.3) is 12.2 Å². The van der Waals surface area contributed by atoms with Gasteiger partial charge in [-0.1, -0.05) is 98.1 Å². The van der Waals surface area contributed by atoms with Crippen LogP contribution in [-0.2, 0) is 35.8 Å². The number of amides is 2. The van der Waals surface area contributed by atoms with Gasteiger partial charge >= 0.3 is 12.2 Å². The van der Waals surface area contributed by atoms with Gasteiger partial charge in [0.1, 0.15) is 13.2 Å². The number of benzene rings is 3. The summed E-state index contributed by atoms with van der Waals surface area (Å²) in [5, 5.41) is 5.47. The summed E-state index contributed by atoms with van der Waals surface area (Å²) in [7, 11) is 0. The number of ether oxygens (including phenoxy) is 2. The first-order chi connectivity index (χ1) is 16.6. The average molecular weight is 457 g/mol. The van der Waals surface area contributed by atoms with E-state index in [2.05, 4.69) is 23.8 Å². The van der Waals surface area contributed by atoms with E-state index < -0.39 is 12.2 Å². The van der Waals surface area contributed by atoms with Gasteiger partial charge in [-0.2, -0.15) is 0 Å². The van der Waals surface area contributed by atoms with Crippen molar-refractivity contribution < 1.29 is 19.1 Å². The van der Waals surface area contributed by atoms with Gasteiger partial charge in [-0.3, -0.25) is 0 Å². The molecule has 0 aromatic heterocycles. The minimum Gasteiger partial charge on any atom is -0.445 e. The molecule has 0 saturated carbocycles. The zero-order valence-corrected chi connectivity index (χ0v) is 19.0. The summed E-state index contributed by atoms with van der Waals surface area (Å²) in [4.78, 5) is 24.0. The monoisotopic (exact) mass is 456 g/mol. The van der Waals surface area contributed by atoms with Crippen molar-refractivity contribution in [3.63, 3.8) is 0 Å². The van der Waals surface area contributed by atoms with E-state index in [4.69, 9.17) is 9.47 Å². The lowest BCUT2D eigenvalue weighted by molar-refractivity contribution is 0.138. The summed E-state index contributed by atoms with van der Waals surface area (Å²) < 4.78 is 10.5. The maximum absolute atomic E-state index is 12.0. The number of nitrogens with one attached hydrogen (secondary N) is 2. The van der Waals surface area contributed by atoms with Gasteiger partial charge in [0.05, 0.1) is 0 Å². The molecular formula is C28H28N2O4. The van der Waals surface area contributed by atoms with E-state index in [-0.39, 0.29) is 13.2 Å². The highest BCUT2D eigenvalue weighted by Gasteiger charge is 2.06. The van der Waals surface area contributed by atoms with Crippen LogP contribution in [-0.4, -0.2) is 12.2 Å². The van der Waals surface area contributed by atoms with Gasteiger partial charge in [-0.25, -0.2) is 9.59 Å². The lowest BCUT2D eigenvalue weighted by Gasteiger charge is -2.10. The van der Waals surface area contributed by atoms with Crippen LogP contribution in [0.3, 0.4) is 0 Å². The molecule has 0 saturated heterocycles. The molecule has 0 heterocycles. The lowest BCUT2D eigenvalue weighted by atomic mass is 10.1. The fourth-order valence-corrected chi connectivity index (χ4v) is 3.10. The Morgan fingerprint density at radius 2 is 1.06 bits per heavy atom. The zero-order valence-electron chi connectivity index (χ0n) is 19.0. The maximum Gasteiger partial charge on any atom is 0.407 e. The van der Waals surface area contributed by atoms with Gasteiger partial charge in [0.25, 0.3) is 0 Å². The van der Waals surface area contributed by atoms with Gasteiger partial charge in [0.15, 0.2) is 0 Å². The molecule has 34 heavy (non-hydrogen) atoms. The topological polar surface area (TPSA) is 76.7 Å². The zero-order chi connectivity index (χ0) is 24.2. The number of rotatable bonds is 10. The predicted molar refractivity (Wildman–Crippen MR) is 134 cm³/mol. The Morgan fingerprint density at radius 3 is 1.44 bits per heavy atom. The van der Waals surface area contributed by atoms with Gasteiger partial charge < -0.3 is 20.1 Å². The van der Waals surface area contributed by atoms with Crippen LogP contribution in [0.2, 0.25) is 0 Å². The van der Waals surface area contributed by atoms with Crippen molar-refractivity contribution in [2.24, 2.45) is 0 Å². The van der Waals surface area contributed by atoms with Crippen LogP contribution in [0.15, 0.2) is 86.0 Å². The summed E-state index contributed by atoms with van der Waals surface area (Å²) in [6.07, 6.45) is 2.52. The number of carbonyl (C=O) groups is 2. The first kappa shape index (κ1) is 24.3. The van der Waals surface area contributed by atoms with E-state index in [1.54, 1.807) is 12.2 Å². The van der Waals surface area contributed by atoms with Crippen molar-refractivity contribution in [2.75, 3.05) is 0 Å². The quantitative estimate of drug-likeness (QED) is 0.403. The summed E-state index contributed by atoms with van der Waals surface area (Å²) in [5.41, 5.74) is 5.59. The molecule has 0 aliphatic rings. The predicted octanol–water partition coefficient (Wildman–Crippen LogP) is 5.83. The van der Waals surface area contributed by atoms with E-state index in [9.17, 15) is 9.59 Å². The Balaban J connectivity index is 1.38. The van der Waals surface area contributed by atoms with Gasteiger partial charge in [0, 0.05) is 13.1 Å². The molecule has 0 bridgehead atoms. The molecular weight excluding hydrogens is 428 g/mol. The molecule has 3 rings (SSSR count). The average Bonchev–Trinajstić information content (AvgIpc) is 2.89. The van der Waals surface area contributed by atoms with Crippen LogP contribution in [0, 0.1) is 0 Å². The number of carbonyl (C=O) groups excluding carboxylic acids is 2. The molecule has 3 aromatic carbocycles. The molecule has 0 atom stereocenters. The van der Waals surface area contributed by atoms with Crippen molar-refractivity contribution in [3.05, 3.63) is 119 Å². The molecule has 6 heteroatoms. The van der Waals surface area contributed by atoms with Gasteiger partial charge in [-0.05, 0) is 33.4 Å². The van der Waals surface area contributed by atoms with E-state index in [0.717, 1.165) is 33.4 Å². The summed E-state index contributed by atoms with van der Waals surface area (Å²) in [6, 6.07) is 22.8. The molecule has 0 radical (unpaired) electrons. The second-order valence-electron chi connectivity index (χ2n) is 7.57. The highest BCUT2D eigenvalue weighted by atomic mass is 16.6. The summed E-state index contributed by atoms with van der Waals surface area (Å²) in [5.74, 6) is 0.